The van der Waals surface area contributed by atoms with E-state index in [0.717, 1.165) is 36.8 Å². The Hall–Kier alpha value is -3.04. The number of carbonyl (C=O) groups excluding carboxylic acids is 1. The normalized spacial score (nSPS) is 14.9. The molecular weight excluding hydrogens is 557 g/mol. The summed E-state index contributed by atoms with van der Waals surface area (Å²) in [7, 11) is 1.68. The van der Waals surface area contributed by atoms with E-state index in [1.54, 1.807) is 25.1 Å². The van der Waals surface area contributed by atoms with E-state index in [4.69, 9.17) is 4.74 Å². The minimum atomic E-state index is -0.355. The van der Waals surface area contributed by atoms with Crippen LogP contribution in [0.15, 0.2) is 96.2 Å². The molecule has 0 spiro atoms. The van der Waals surface area contributed by atoms with Crippen LogP contribution in [0.2, 0.25) is 0 Å². The summed E-state index contributed by atoms with van der Waals surface area (Å²) in [5.74, 6) is 1.49. The molecule has 4 aromatic rings. The van der Waals surface area contributed by atoms with Gasteiger partial charge in [-0.3, -0.25) is 9.69 Å². The number of hydrogen-bond donors (Lipinski definition) is 1. The van der Waals surface area contributed by atoms with Gasteiger partial charge in [0.15, 0.2) is 0 Å². The molecule has 0 fully saturated rings. The molecule has 34 heavy (non-hydrogen) atoms. The van der Waals surface area contributed by atoms with Crippen LogP contribution in [0.3, 0.4) is 0 Å². The average Bonchev–Trinajstić information content (AvgIpc) is 2.88. The van der Waals surface area contributed by atoms with Gasteiger partial charge in [0.25, 0.3) is 5.91 Å². The van der Waals surface area contributed by atoms with Gasteiger partial charge >= 0.3 is 0 Å². The van der Waals surface area contributed by atoms with Gasteiger partial charge in [0.1, 0.15) is 11.9 Å². The summed E-state index contributed by atoms with van der Waals surface area (Å²) in [4.78, 5) is 19.9. The number of carbonyl (C=O) groups is 1. The molecule has 1 amide bonds. The van der Waals surface area contributed by atoms with Gasteiger partial charge in [-0.25, -0.2) is 4.98 Å². The van der Waals surface area contributed by atoms with Crippen molar-refractivity contribution >= 4 is 51.6 Å². The van der Waals surface area contributed by atoms with E-state index in [9.17, 15) is 4.79 Å². The summed E-state index contributed by atoms with van der Waals surface area (Å²) in [6, 6.07) is 27.7. The molecule has 1 N–H and O–H groups in total. The Morgan fingerprint density at radius 1 is 1.03 bits per heavy atom. The summed E-state index contributed by atoms with van der Waals surface area (Å²) in [6.45, 7) is 0. The van der Waals surface area contributed by atoms with Crippen molar-refractivity contribution in [2.24, 2.45) is 0 Å². The lowest BCUT2D eigenvalue weighted by Gasteiger charge is -2.38. The number of thioether (sulfide) groups is 1. The van der Waals surface area contributed by atoms with Gasteiger partial charge in [0.2, 0.25) is 0 Å². The van der Waals surface area contributed by atoms with Gasteiger partial charge in [-0.1, -0.05) is 24.3 Å². The van der Waals surface area contributed by atoms with E-state index >= 15 is 0 Å². The van der Waals surface area contributed by atoms with Crippen LogP contribution < -0.4 is 15.0 Å². The molecule has 1 aliphatic heterocycles. The molecule has 0 saturated heterocycles. The van der Waals surface area contributed by atoms with Crippen LogP contribution in [0.5, 0.6) is 5.75 Å². The van der Waals surface area contributed by atoms with Gasteiger partial charge < -0.3 is 10.1 Å². The maximum Gasteiger partial charge on any atom is 0.262 e. The van der Waals surface area contributed by atoms with Gasteiger partial charge in [-0.05, 0) is 88.8 Å². The summed E-state index contributed by atoms with van der Waals surface area (Å²) < 4.78 is 6.76. The van der Waals surface area contributed by atoms with Crippen LogP contribution in [0.1, 0.15) is 27.7 Å². The quantitative estimate of drug-likeness (QED) is 0.202. The lowest BCUT2D eigenvalue weighted by atomic mass is 10.0. The third-order valence-electron chi connectivity index (χ3n) is 5.66. The molecule has 5 nitrogen and oxygen atoms in total. The standard InChI is InChI=1S/C27H22IN3O2S/c1-33-24-14-9-18(16-19(24)17-34-25-8-4-5-15-29-25)26-30-23-7-3-2-6-22(23)27(32)31(26)21-12-10-20(28)11-13-21/h2-16,26,30H,17H2,1H3/t26-/m0/s1. The van der Waals surface area contributed by atoms with Crippen molar-refractivity contribution in [2.45, 2.75) is 16.9 Å². The van der Waals surface area contributed by atoms with Gasteiger partial charge in [-0.15, -0.1) is 11.8 Å². The summed E-state index contributed by atoms with van der Waals surface area (Å²) in [5, 5.41) is 4.54. The highest BCUT2D eigenvalue weighted by Crippen LogP contribution is 2.38. The van der Waals surface area contributed by atoms with Crippen LogP contribution in [-0.2, 0) is 5.75 Å². The van der Waals surface area contributed by atoms with Gasteiger partial charge in [0, 0.05) is 32.5 Å². The van der Waals surface area contributed by atoms with Gasteiger partial charge in [-0.2, -0.15) is 0 Å². The lowest BCUT2D eigenvalue weighted by Crippen LogP contribution is -2.43. The number of aromatic nitrogens is 1. The number of rotatable bonds is 6. The minimum Gasteiger partial charge on any atom is -0.496 e. The zero-order chi connectivity index (χ0) is 23.5. The topological polar surface area (TPSA) is 54.5 Å². The molecule has 7 heteroatoms. The van der Waals surface area contributed by atoms with Crippen LogP contribution in [0.25, 0.3) is 0 Å². The molecule has 1 atom stereocenters. The van der Waals surface area contributed by atoms with Crippen molar-refractivity contribution in [2.75, 3.05) is 17.3 Å². The number of methoxy groups -OCH3 is 1. The highest BCUT2D eigenvalue weighted by atomic mass is 127. The number of anilines is 2. The van der Waals surface area contributed by atoms with Crippen LogP contribution in [-0.4, -0.2) is 18.0 Å². The number of hydrogen-bond acceptors (Lipinski definition) is 5. The summed E-state index contributed by atoms with van der Waals surface area (Å²) >= 11 is 3.93. The van der Waals surface area contributed by atoms with E-state index in [0.29, 0.717) is 11.3 Å². The highest BCUT2D eigenvalue weighted by molar-refractivity contribution is 14.1. The first-order valence-electron chi connectivity index (χ1n) is 10.8. The predicted molar refractivity (Wildman–Crippen MR) is 146 cm³/mol. The first-order chi connectivity index (χ1) is 16.6. The van der Waals surface area contributed by atoms with Crippen LogP contribution in [0.4, 0.5) is 11.4 Å². The third-order valence-corrected chi connectivity index (χ3v) is 7.38. The van der Waals surface area contributed by atoms with Crippen molar-refractivity contribution in [1.82, 2.24) is 4.98 Å². The highest BCUT2D eigenvalue weighted by Gasteiger charge is 2.34. The zero-order valence-corrected chi connectivity index (χ0v) is 21.4. The van der Waals surface area contributed by atoms with Crippen molar-refractivity contribution in [1.29, 1.82) is 0 Å². The number of ether oxygens (including phenoxy) is 1. The first kappa shape index (κ1) is 22.7. The number of fused-ring (bicyclic) bond motifs is 1. The van der Waals surface area contributed by atoms with Gasteiger partial charge in [0.05, 0.1) is 17.7 Å². The Balaban J connectivity index is 1.54. The Morgan fingerprint density at radius 3 is 2.59 bits per heavy atom. The van der Waals surface area contributed by atoms with Crippen LogP contribution in [0, 0.1) is 3.57 Å². The number of halogens is 1. The molecule has 0 bridgehead atoms. The molecule has 0 unspecified atom stereocenters. The number of amides is 1. The third kappa shape index (κ3) is 4.63. The Labute approximate surface area is 216 Å². The van der Waals surface area contributed by atoms with Crippen molar-refractivity contribution in [3.05, 3.63) is 111 Å². The second kappa shape index (κ2) is 10.1. The molecular formula is C27H22IN3O2S. The SMILES string of the molecule is COc1ccc([C@H]2Nc3ccccc3C(=O)N2c2ccc(I)cc2)cc1CSc1ccccn1. The number of nitrogens with zero attached hydrogens (tertiary/aromatic N) is 2. The Kier molecular flexibility index (Phi) is 6.73. The van der Waals surface area contributed by atoms with E-state index in [1.165, 1.54) is 0 Å². The first-order valence-corrected chi connectivity index (χ1v) is 12.9. The van der Waals surface area contributed by atoms with E-state index in [-0.39, 0.29) is 12.1 Å². The van der Waals surface area contributed by atoms with Crippen molar-refractivity contribution in [3.8, 4) is 5.75 Å². The predicted octanol–water partition coefficient (Wildman–Crippen LogP) is 6.76. The van der Waals surface area contributed by atoms with Crippen molar-refractivity contribution < 1.29 is 9.53 Å². The number of benzene rings is 3. The monoisotopic (exact) mass is 579 g/mol. The molecule has 5 rings (SSSR count). The zero-order valence-electron chi connectivity index (χ0n) is 18.4. The fourth-order valence-electron chi connectivity index (χ4n) is 4.02. The average molecular weight is 579 g/mol. The number of para-hydroxylation sites is 1. The molecule has 2 heterocycles. The Bertz CT molecular complexity index is 1320. The fourth-order valence-corrected chi connectivity index (χ4v) is 5.22. The maximum absolute atomic E-state index is 13.7. The van der Waals surface area contributed by atoms with Crippen molar-refractivity contribution in [3.63, 3.8) is 0 Å². The number of nitrogens with one attached hydrogen (secondary N) is 1. The second-order valence-corrected chi connectivity index (χ2v) is 10.0. The maximum atomic E-state index is 13.7. The largest absolute Gasteiger partial charge is 0.496 e. The fraction of sp³-hybridized carbons (Fsp3) is 0.111. The molecule has 0 aliphatic carbocycles. The molecule has 0 saturated carbocycles. The molecule has 1 aliphatic rings. The molecule has 170 valence electrons. The minimum absolute atomic E-state index is 0.0270. The van der Waals surface area contributed by atoms with Crippen LogP contribution >= 0.6 is 34.4 Å². The summed E-state index contributed by atoms with van der Waals surface area (Å²) in [6.07, 6.45) is 1.44. The summed E-state index contributed by atoms with van der Waals surface area (Å²) in [5.41, 5.74) is 4.37. The second-order valence-electron chi connectivity index (χ2n) is 7.77. The molecule has 3 aromatic carbocycles. The Morgan fingerprint density at radius 2 is 1.82 bits per heavy atom. The van der Waals surface area contributed by atoms with E-state index in [1.807, 2.05) is 83.8 Å². The van der Waals surface area contributed by atoms with E-state index in [2.05, 4.69) is 39.0 Å². The lowest BCUT2D eigenvalue weighted by molar-refractivity contribution is 0.0975. The number of pyridine rings is 1. The molecule has 0 radical (unpaired) electrons. The van der Waals surface area contributed by atoms with E-state index < -0.39 is 0 Å². The smallest absolute Gasteiger partial charge is 0.262 e. The molecule has 1 aromatic heterocycles.